The molecule has 1 aliphatic heterocycles. The van der Waals surface area contributed by atoms with Crippen molar-refractivity contribution < 1.29 is 4.79 Å². The number of carbonyl (C=O) groups is 1. The Hall–Kier alpha value is -2.86. The topological polar surface area (TPSA) is 68.8 Å². The summed E-state index contributed by atoms with van der Waals surface area (Å²) in [6.45, 7) is 7.50. The zero-order valence-corrected chi connectivity index (χ0v) is 18.1. The minimum absolute atomic E-state index is 0.0555. The lowest BCUT2D eigenvalue weighted by Gasteiger charge is -2.28. The summed E-state index contributed by atoms with van der Waals surface area (Å²) in [6.07, 6.45) is 1.95. The van der Waals surface area contributed by atoms with Crippen LogP contribution in [0.25, 0.3) is 0 Å². The van der Waals surface area contributed by atoms with Crippen LogP contribution in [0.5, 0.6) is 0 Å². The molecule has 1 aliphatic rings. The number of hydrogen-bond donors (Lipinski definition) is 3. The molecule has 0 radical (unpaired) electrons. The lowest BCUT2D eigenvalue weighted by Crippen LogP contribution is -2.39. The Kier molecular flexibility index (Phi) is 8.27. The molecule has 1 amide bonds. The van der Waals surface area contributed by atoms with Gasteiger partial charge in [0.2, 0.25) is 0 Å². The number of fused-ring (bicyclic) bond motifs is 1. The first-order valence-electron chi connectivity index (χ1n) is 10.8. The molecule has 3 N–H and O–H groups in total. The van der Waals surface area contributed by atoms with Crippen LogP contribution in [-0.4, -0.2) is 56.5 Å². The fourth-order valence-corrected chi connectivity index (χ4v) is 3.73. The van der Waals surface area contributed by atoms with E-state index in [1.807, 2.05) is 24.3 Å². The summed E-state index contributed by atoms with van der Waals surface area (Å²) in [5.74, 6) is 0.789. The Morgan fingerprint density at radius 1 is 1.10 bits per heavy atom. The first-order chi connectivity index (χ1) is 14.7. The number of guanidine groups is 1. The lowest BCUT2D eigenvalue weighted by atomic mass is 10.0. The Morgan fingerprint density at radius 3 is 2.73 bits per heavy atom. The molecule has 0 aromatic heterocycles. The van der Waals surface area contributed by atoms with Crippen LogP contribution < -0.4 is 16.0 Å². The SMILES string of the molecule is CCNC(=NCCN1CCc2ccccc2C1)NCCc1cccc(C(=O)NC)c1. The van der Waals surface area contributed by atoms with Gasteiger partial charge < -0.3 is 16.0 Å². The van der Waals surface area contributed by atoms with Gasteiger partial charge in [-0.2, -0.15) is 0 Å². The van der Waals surface area contributed by atoms with Gasteiger partial charge in [0.05, 0.1) is 6.54 Å². The van der Waals surface area contributed by atoms with Gasteiger partial charge in [0.25, 0.3) is 5.91 Å². The van der Waals surface area contributed by atoms with Gasteiger partial charge in [-0.05, 0) is 48.6 Å². The Morgan fingerprint density at radius 2 is 1.93 bits per heavy atom. The molecule has 0 saturated heterocycles. The highest BCUT2D eigenvalue weighted by Crippen LogP contribution is 2.17. The van der Waals surface area contributed by atoms with Crippen molar-refractivity contribution in [3.63, 3.8) is 0 Å². The quantitative estimate of drug-likeness (QED) is 0.464. The van der Waals surface area contributed by atoms with Gasteiger partial charge in [-0.3, -0.25) is 14.7 Å². The van der Waals surface area contributed by atoms with Gasteiger partial charge in [0.15, 0.2) is 5.96 Å². The van der Waals surface area contributed by atoms with E-state index >= 15 is 0 Å². The fraction of sp³-hybridized carbons (Fsp3) is 0.417. The van der Waals surface area contributed by atoms with Crippen LogP contribution in [-0.2, 0) is 19.4 Å². The minimum Gasteiger partial charge on any atom is -0.357 e. The van der Waals surface area contributed by atoms with Crippen molar-refractivity contribution in [1.82, 2.24) is 20.9 Å². The molecule has 0 atom stereocenters. The van der Waals surface area contributed by atoms with E-state index in [1.165, 1.54) is 11.1 Å². The molecule has 0 fully saturated rings. The van der Waals surface area contributed by atoms with E-state index in [1.54, 1.807) is 7.05 Å². The largest absolute Gasteiger partial charge is 0.357 e. The first kappa shape index (κ1) is 21.8. The predicted octanol–water partition coefficient (Wildman–Crippen LogP) is 2.20. The van der Waals surface area contributed by atoms with Crippen molar-refractivity contribution in [2.45, 2.75) is 26.3 Å². The molecule has 0 aliphatic carbocycles. The van der Waals surface area contributed by atoms with Crippen LogP contribution in [0.3, 0.4) is 0 Å². The molecule has 0 saturated carbocycles. The highest BCUT2D eigenvalue weighted by Gasteiger charge is 2.14. The number of aliphatic imine (C=N–C) groups is 1. The van der Waals surface area contributed by atoms with Crippen molar-refractivity contribution in [1.29, 1.82) is 0 Å². The van der Waals surface area contributed by atoms with E-state index in [9.17, 15) is 4.79 Å². The number of nitrogens with zero attached hydrogens (tertiary/aromatic N) is 2. The number of amides is 1. The molecular weight excluding hydrogens is 374 g/mol. The Labute approximate surface area is 179 Å². The second-order valence-electron chi connectivity index (χ2n) is 7.51. The lowest BCUT2D eigenvalue weighted by molar-refractivity contribution is 0.0963. The zero-order valence-electron chi connectivity index (χ0n) is 18.1. The molecule has 6 heteroatoms. The predicted molar refractivity (Wildman–Crippen MR) is 123 cm³/mol. The number of hydrogen-bond acceptors (Lipinski definition) is 3. The Balaban J connectivity index is 1.46. The molecule has 0 spiro atoms. The van der Waals surface area contributed by atoms with E-state index in [0.717, 1.165) is 63.6 Å². The number of nitrogens with one attached hydrogen (secondary N) is 3. The maximum atomic E-state index is 11.8. The third kappa shape index (κ3) is 6.32. The van der Waals surface area contributed by atoms with Crippen molar-refractivity contribution in [3.05, 3.63) is 70.8 Å². The summed E-state index contributed by atoms with van der Waals surface area (Å²) in [4.78, 5) is 19.0. The summed E-state index contributed by atoms with van der Waals surface area (Å²) in [6, 6.07) is 16.5. The van der Waals surface area contributed by atoms with Crippen molar-refractivity contribution in [2.24, 2.45) is 4.99 Å². The molecule has 30 heavy (non-hydrogen) atoms. The summed E-state index contributed by atoms with van der Waals surface area (Å²) < 4.78 is 0. The third-order valence-electron chi connectivity index (χ3n) is 5.36. The van der Waals surface area contributed by atoms with Crippen molar-refractivity contribution in [2.75, 3.05) is 39.8 Å². The van der Waals surface area contributed by atoms with Crippen molar-refractivity contribution >= 4 is 11.9 Å². The van der Waals surface area contributed by atoms with Crippen LogP contribution in [0.4, 0.5) is 0 Å². The first-order valence-corrected chi connectivity index (χ1v) is 10.8. The van der Waals surface area contributed by atoms with E-state index < -0.39 is 0 Å². The van der Waals surface area contributed by atoms with Gasteiger partial charge in [-0.1, -0.05) is 36.4 Å². The van der Waals surface area contributed by atoms with Gasteiger partial charge in [-0.15, -0.1) is 0 Å². The maximum Gasteiger partial charge on any atom is 0.251 e. The summed E-state index contributed by atoms with van der Waals surface area (Å²) in [5.41, 5.74) is 4.74. The fourth-order valence-electron chi connectivity index (χ4n) is 3.73. The van der Waals surface area contributed by atoms with Crippen LogP contribution in [0, 0.1) is 0 Å². The summed E-state index contributed by atoms with van der Waals surface area (Å²) in [5, 5.41) is 9.39. The highest BCUT2D eigenvalue weighted by atomic mass is 16.1. The molecule has 2 aromatic carbocycles. The van der Waals surface area contributed by atoms with Crippen LogP contribution in [0.2, 0.25) is 0 Å². The third-order valence-corrected chi connectivity index (χ3v) is 5.36. The molecule has 0 unspecified atom stereocenters. The van der Waals surface area contributed by atoms with E-state index in [0.29, 0.717) is 5.56 Å². The monoisotopic (exact) mass is 407 g/mol. The standard InChI is InChI=1S/C24H33N5O/c1-3-26-24(27-13-11-19-7-6-10-21(17-19)23(30)25-2)28-14-16-29-15-12-20-8-4-5-9-22(20)18-29/h4-10,17H,3,11-16,18H2,1-2H3,(H,25,30)(H2,26,27,28). The number of carbonyl (C=O) groups excluding carboxylic acids is 1. The van der Waals surface area contributed by atoms with E-state index in [-0.39, 0.29) is 5.91 Å². The summed E-state index contributed by atoms with van der Waals surface area (Å²) >= 11 is 0. The molecular formula is C24H33N5O. The van der Waals surface area contributed by atoms with Gasteiger partial charge >= 0.3 is 0 Å². The second-order valence-corrected chi connectivity index (χ2v) is 7.51. The normalized spacial score (nSPS) is 14.1. The van der Waals surface area contributed by atoms with Crippen LogP contribution in [0.1, 0.15) is 34.0 Å². The molecule has 3 rings (SSSR count). The van der Waals surface area contributed by atoms with Gasteiger partial charge in [0, 0.05) is 45.3 Å². The van der Waals surface area contributed by atoms with Gasteiger partial charge in [-0.25, -0.2) is 0 Å². The second kappa shape index (κ2) is 11.4. The van der Waals surface area contributed by atoms with Crippen LogP contribution >= 0.6 is 0 Å². The van der Waals surface area contributed by atoms with Crippen molar-refractivity contribution in [3.8, 4) is 0 Å². The molecule has 0 bridgehead atoms. The average Bonchev–Trinajstić information content (AvgIpc) is 2.78. The summed E-state index contributed by atoms with van der Waals surface area (Å²) in [7, 11) is 1.65. The number of benzene rings is 2. The molecule has 1 heterocycles. The number of rotatable bonds is 8. The average molecular weight is 408 g/mol. The maximum absolute atomic E-state index is 11.8. The van der Waals surface area contributed by atoms with Crippen LogP contribution in [0.15, 0.2) is 53.5 Å². The highest BCUT2D eigenvalue weighted by molar-refractivity contribution is 5.94. The van der Waals surface area contributed by atoms with E-state index in [2.05, 4.69) is 52.0 Å². The smallest absolute Gasteiger partial charge is 0.251 e. The molecule has 160 valence electrons. The molecule has 2 aromatic rings. The Bertz CT molecular complexity index is 864. The van der Waals surface area contributed by atoms with E-state index in [4.69, 9.17) is 4.99 Å². The molecule has 6 nitrogen and oxygen atoms in total. The minimum atomic E-state index is -0.0555. The zero-order chi connectivity index (χ0) is 21.2. The van der Waals surface area contributed by atoms with Gasteiger partial charge in [0.1, 0.15) is 0 Å².